The van der Waals surface area contributed by atoms with Gasteiger partial charge in [-0.15, -0.1) is 0 Å². The normalized spacial score (nSPS) is 10.7. The molecule has 6 heteroatoms. The second kappa shape index (κ2) is 5.92. The van der Waals surface area contributed by atoms with Crippen LogP contribution in [0.2, 0.25) is 0 Å². The Bertz CT molecular complexity index is 929. The Balaban J connectivity index is 1.94. The fraction of sp³-hybridized carbons (Fsp3) is 0.118. The lowest BCUT2D eigenvalue weighted by molar-refractivity contribution is 0.0991. The van der Waals surface area contributed by atoms with Crippen LogP contribution in [0.15, 0.2) is 47.3 Å². The van der Waals surface area contributed by atoms with Crippen LogP contribution in [0.25, 0.3) is 11.0 Å². The second-order valence-corrected chi connectivity index (χ2v) is 5.01. The molecule has 0 fully saturated rings. The lowest BCUT2D eigenvalue weighted by Gasteiger charge is -2.05. The molecule has 3 aromatic rings. The molecule has 0 aliphatic carbocycles. The zero-order chi connectivity index (χ0) is 16.4. The van der Waals surface area contributed by atoms with Gasteiger partial charge in [-0.3, -0.25) is 9.59 Å². The highest BCUT2D eigenvalue weighted by Crippen LogP contribution is 2.20. The maximum Gasteiger partial charge on any atom is 0.270 e. The highest BCUT2D eigenvalue weighted by Gasteiger charge is 2.13. The highest BCUT2D eigenvalue weighted by atomic mass is 16.5. The standard InChI is InChI=1S/C17H14N2O4/c1-23-11-7-5-10(6-8-11)15(21)9-13-17(22)19-12-3-2-4-14(20)16(12)18-13/h2-8,20H,9H2,1H3,(H,19,22). The van der Waals surface area contributed by atoms with Gasteiger partial charge in [0, 0.05) is 5.56 Å². The van der Waals surface area contributed by atoms with Crippen molar-refractivity contribution in [3.05, 3.63) is 64.1 Å². The maximum absolute atomic E-state index is 12.3. The van der Waals surface area contributed by atoms with Crippen molar-refractivity contribution >= 4 is 16.8 Å². The number of aromatic nitrogens is 2. The van der Waals surface area contributed by atoms with E-state index in [4.69, 9.17) is 4.74 Å². The first kappa shape index (κ1) is 14.8. The summed E-state index contributed by atoms with van der Waals surface area (Å²) in [6, 6.07) is 11.3. The molecular formula is C17H14N2O4. The van der Waals surface area contributed by atoms with Crippen molar-refractivity contribution in [2.75, 3.05) is 7.11 Å². The van der Waals surface area contributed by atoms with E-state index in [1.54, 1.807) is 43.5 Å². The molecule has 0 aliphatic rings. The number of aromatic hydroxyl groups is 1. The van der Waals surface area contributed by atoms with Crippen molar-refractivity contribution in [3.63, 3.8) is 0 Å². The molecule has 6 nitrogen and oxygen atoms in total. The Hall–Kier alpha value is -3.15. The molecular weight excluding hydrogens is 296 g/mol. The predicted molar refractivity (Wildman–Crippen MR) is 85.1 cm³/mol. The summed E-state index contributed by atoms with van der Waals surface area (Å²) in [4.78, 5) is 31.1. The van der Waals surface area contributed by atoms with Crippen molar-refractivity contribution in [2.45, 2.75) is 6.42 Å². The third kappa shape index (κ3) is 2.91. The number of benzene rings is 2. The maximum atomic E-state index is 12.3. The van der Waals surface area contributed by atoms with Crippen LogP contribution in [-0.2, 0) is 6.42 Å². The van der Waals surface area contributed by atoms with Gasteiger partial charge in [-0.05, 0) is 36.4 Å². The van der Waals surface area contributed by atoms with Gasteiger partial charge in [-0.25, -0.2) is 4.98 Å². The van der Waals surface area contributed by atoms with E-state index >= 15 is 0 Å². The number of para-hydroxylation sites is 1. The van der Waals surface area contributed by atoms with Gasteiger partial charge in [0.2, 0.25) is 0 Å². The number of carbonyl (C=O) groups is 1. The van der Waals surface area contributed by atoms with Gasteiger partial charge in [-0.2, -0.15) is 0 Å². The van der Waals surface area contributed by atoms with E-state index in [0.29, 0.717) is 16.8 Å². The number of ether oxygens (including phenoxy) is 1. The third-order valence-corrected chi connectivity index (χ3v) is 3.51. The minimum Gasteiger partial charge on any atom is -0.506 e. The molecule has 1 aromatic heterocycles. The quantitative estimate of drug-likeness (QED) is 0.720. The van der Waals surface area contributed by atoms with E-state index in [9.17, 15) is 14.7 Å². The van der Waals surface area contributed by atoms with Gasteiger partial charge < -0.3 is 14.8 Å². The first-order chi connectivity index (χ1) is 11.1. The monoisotopic (exact) mass is 310 g/mol. The summed E-state index contributed by atoms with van der Waals surface area (Å²) < 4.78 is 5.04. The Morgan fingerprint density at radius 3 is 2.65 bits per heavy atom. The summed E-state index contributed by atoms with van der Waals surface area (Å²) in [6.45, 7) is 0. The molecule has 0 aliphatic heterocycles. The highest BCUT2D eigenvalue weighted by molar-refractivity contribution is 5.97. The Morgan fingerprint density at radius 1 is 1.22 bits per heavy atom. The molecule has 0 amide bonds. The molecule has 2 aromatic carbocycles. The van der Waals surface area contributed by atoms with Crippen LogP contribution >= 0.6 is 0 Å². The van der Waals surface area contributed by atoms with E-state index in [0.717, 1.165) is 0 Å². The molecule has 0 spiro atoms. The lowest BCUT2D eigenvalue weighted by Crippen LogP contribution is -2.19. The smallest absolute Gasteiger partial charge is 0.270 e. The molecule has 0 radical (unpaired) electrons. The first-order valence-corrected chi connectivity index (χ1v) is 6.96. The summed E-state index contributed by atoms with van der Waals surface area (Å²) >= 11 is 0. The van der Waals surface area contributed by atoms with Gasteiger partial charge in [0.1, 0.15) is 22.7 Å². The SMILES string of the molecule is COc1ccc(C(=O)Cc2nc3c(O)cccc3[nH]c2=O)cc1. The van der Waals surface area contributed by atoms with Gasteiger partial charge in [0.05, 0.1) is 19.0 Å². The number of carbonyl (C=O) groups excluding carboxylic acids is 1. The molecule has 0 bridgehead atoms. The van der Waals surface area contributed by atoms with Crippen molar-refractivity contribution in [1.29, 1.82) is 0 Å². The number of nitrogens with one attached hydrogen (secondary N) is 1. The number of nitrogens with zero attached hydrogens (tertiary/aromatic N) is 1. The summed E-state index contributed by atoms with van der Waals surface area (Å²) in [7, 11) is 1.54. The number of rotatable bonds is 4. The van der Waals surface area contributed by atoms with Gasteiger partial charge in [-0.1, -0.05) is 6.07 Å². The van der Waals surface area contributed by atoms with Crippen molar-refractivity contribution in [1.82, 2.24) is 9.97 Å². The van der Waals surface area contributed by atoms with Gasteiger partial charge in [0.25, 0.3) is 5.56 Å². The number of methoxy groups -OCH3 is 1. The summed E-state index contributed by atoms with van der Waals surface area (Å²) in [5.41, 5.74) is 0.787. The zero-order valence-electron chi connectivity index (χ0n) is 12.4. The molecule has 0 unspecified atom stereocenters. The molecule has 0 atom stereocenters. The largest absolute Gasteiger partial charge is 0.506 e. The van der Waals surface area contributed by atoms with Gasteiger partial charge in [0.15, 0.2) is 5.78 Å². The number of ketones is 1. The van der Waals surface area contributed by atoms with E-state index < -0.39 is 5.56 Å². The average Bonchev–Trinajstić information content (AvgIpc) is 2.56. The molecule has 3 rings (SSSR count). The van der Waals surface area contributed by atoms with Crippen LogP contribution in [0, 0.1) is 0 Å². The van der Waals surface area contributed by atoms with Crippen LogP contribution < -0.4 is 10.3 Å². The van der Waals surface area contributed by atoms with Crippen LogP contribution in [-0.4, -0.2) is 28.0 Å². The zero-order valence-corrected chi connectivity index (χ0v) is 12.4. The number of hydrogen-bond donors (Lipinski definition) is 2. The fourth-order valence-electron chi connectivity index (χ4n) is 2.28. The molecule has 116 valence electrons. The predicted octanol–water partition coefficient (Wildman–Crippen LogP) is 2.06. The molecule has 2 N–H and O–H groups in total. The number of fused-ring (bicyclic) bond motifs is 1. The number of Topliss-reactive ketones (excluding diaryl/α,β-unsaturated/α-hetero) is 1. The Morgan fingerprint density at radius 2 is 1.96 bits per heavy atom. The van der Waals surface area contributed by atoms with Crippen LogP contribution in [0.5, 0.6) is 11.5 Å². The average molecular weight is 310 g/mol. The number of phenols is 1. The van der Waals surface area contributed by atoms with E-state index in [1.807, 2.05) is 0 Å². The van der Waals surface area contributed by atoms with E-state index in [2.05, 4.69) is 9.97 Å². The number of hydrogen-bond acceptors (Lipinski definition) is 5. The summed E-state index contributed by atoms with van der Waals surface area (Å²) in [5.74, 6) is 0.366. The van der Waals surface area contributed by atoms with Crippen molar-refractivity contribution in [3.8, 4) is 11.5 Å². The second-order valence-electron chi connectivity index (χ2n) is 5.01. The van der Waals surface area contributed by atoms with E-state index in [1.165, 1.54) is 6.07 Å². The first-order valence-electron chi connectivity index (χ1n) is 6.96. The topological polar surface area (TPSA) is 92.3 Å². The molecule has 23 heavy (non-hydrogen) atoms. The van der Waals surface area contributed by atoms with E-state index in [-0.39, 0.29) is 29.2 Å². The number of aromatic amines is 1. The fourth-order valence-corrected chi connectivity index (χ4v) is 2.28. The summed E-state index contributed by atoms with van der Waals surface area (Å²) in [6.07, 6.45) is -0.147. The number of H-pyrrole nitrogens is 1. The van der Waals surface area contributed by atoms with Crippen LogP contribution in [0.3, 0.4) is 0 Å². The van der Waals surface area contributed by atoms with Crippen LogP contribution in [0.4, 0.5) is 0 Å². The minimum absolute atomic E-state index is 0.0445. The molecule has 1 heterocycles. The summed E-state index contributed by atoms with van der Waals surface area (Å²) in [5, 5.41) is 9.81. The molecule has 0 saturated heterocycles. The third-order valence-electron chi connectivity index (χ3n) is 3.51. The Kier molecular flexibility index (Phi) is 3.80. The van der Waals surface area contributed by atoms with Crippen molar-refractivity contribution in [2.24, 2.45) is 0 Å². The van der Waals surface area contributed by atoms with Crippen molar-refractivity contribution < 1.29 is 14.6 Å². The van der Waals surface area contributed by atoms with Crippen LogP contribution in [0.1, 0.15) is 16.1 Å². The lowest BCUT2D eigenvalue weighted by atomic mass is 10.1. The minimum atomic E-state index is -0.440. The number of phenolic OH excluding ortho intramolecular Hbond substituents is 1. The van der Waals surface area contributed by atoms with Gasteiger partial charge >= 0.3 is 0 Å². The Labute approximate surface area is 131 Å². The molecule has 0 saturated carbocycles.